The lowest BCUT2D eigenvalue weighted by molar-refractivity contribution is 0.202. The van der Waals surface area contributed by atoms with Crippen LogP contribution in [-0.2, 0) is 6.42 Å². The third-order valence-corrected chi connectivity index (χ3v) is 2.42. The normalized spacial score (nSPS) is 14.1. The number of benzene rings is 1. The number of rotatable bonds is 0. The molecule has 0 saturated heterocycles. The molecular formula is C9H5F4NO2. The molecule has 0 unspecified atom stereocenters. The van der Waals surface area contributed by atoms with E-state index in [2.05, 4.69) is 0 Å². The first-order chi connectivity index (χ1) is 7.45. The van der Waals surface area contributed by atoms with Crippen LogP contribution >= 0.6 is 0 Å². The lowest BCUT2D eigenvalue weighted by Crippen LogP contribution is -2.27. The van der Waals surface area contributed by atoms with Crippen LogP contribution in [0.1, 0.15) is 5.56 Å². The van der Waals surface area contributed by atoms with Crippen LogP contribution in [0.15, 0.2) is 0 Å². The molecule has 0 radical (unpaired) electrons. The Balaban J connectivity index is 2.72. The van der Waals surface area contributed by atoms with Crippen molar-refractivity contribution in [2.45, 2.75) is 6.42 Å². The van der Waals surface area contributed by atoms with E-state index in [4.69, 9.17) is 5.11 Å². The second-order valence-electron chi connectivity index (χ2n) is 3.27. The van der Waals surface area contributed by atoms with Gasteiger partial charge in [0.25, 0.3) is 0 Å². The number of anilines is 1. The number of hydrogen-bond donors (Lipinski definition) is 1. The number of halogens is 4. The zero-order valence-corrected chi connectivity index (χ0v) is 7.73. The minimum atomic E-state index is -2.00. The minimum Gasteiger partial charge on any atom is -0.465 e. The molecule has 3 nitrogen and oxygen atoms in total. The SMILES string of the molecule is O=C(O)N1CCc2c(F)c(F)c(F)c(F)c21. The maximum Gasteiger partial charge on any atom is 0.411 e. The fourth-order valence-corrected chi connectivity index (χ4v) is 1.70. The van der Waals surface area contributed by atoms with Crippen molar-refractivity contribution in [3.8, 4) is 0 Å². The predicted octanol–water partition coefficient (Wildman–Crippen LogP) is 2.28. The Kier molecular flexibility index (Phi) is 2.25. The second kappa shape index (κ2) is 3.36. The van der Waals surface area contributed by atoms with Gasteiger partial charge in [-0.25, -0.2) is 22.4 Å². The van der Waals surface area contributed by atoms with E-state index in [1.54, 1.807) is 0 Å². The first-order valence-electron chi connectivity index (χ1n) is 4.30. The summed E-state index contributed by atoms with van der Waals surface area (Å²) in [6.45, 7) is -0.221. The molecule has 0 atom stereocenters. The Labute approximate surface area is 86.9 Å². The molecule has 0 saturated carbocycles. The number of carbonyl (C=O) groups is 1. The second-order valence-corrected chi connectivity index (χ2v) is 3.27. The van der Waals surface area contributed by atoms with Gasteiger partial charge in [0.1, 0.15) is 0 Å². The van der Waals surface area contributed by atoms with Gasteiger partial charge in [-0.3, -0.25) is 4.90 Å². The highest BCUT2D eigenvalue weighted by atomic mass is 19.2. The summed E-state index contributed by atoms with van der Waals surface area (Å²) in [4.78, 5) is 11.1. The Morgan fingerprint density at radius 3 is 2.19 bits per heavy atom. The Morgan fingerprint density at radius 2 is 1.62 bits per heavy atom. The lowest BCUT2D eigenvalue weighted by atomic mass is 10.1. The maximum atomic E-state index is 13.3. The van der Waals surface area contributed by atoms with Crippen molar-refractivity contribution in [2.75, 3.05) is 11.4 Å². The Morgan fingerprint density at radius 1 is 1.06 bits per heavy atom. The van der Waals surface area contributed by atoms with Crippen molar-refractivity contribution >= 4 is 11.8 Å². The molecular weight excluding hydrogens is 230 g/mol. The van der Waals surface area contributed by atoms with E-state index in [0.717, 1.165) is 0 Å². The molecule has 7 heteroatoms. The van der Waals surface area contributed by atoms with Gasteiger partial charge in [0, 0.05) is 12.1 Å². The van der Waals surface area contributed by atoms with E-state index in [0.29, 0.717) is 4.90 Å². The molecule has 0 spiro atoms. The molecule has 1 amide bonds. The summed E-state index contributed by atoms with van der Waals surface area (Å²) in [5, 5.41) is 8.66. The molecule has 0 aromatic heterocycles. The molecule has 0 bridgehead atoms. The van der Waals surface area contributed by atoms with Crippen LogP contribution < -0.4 is 4.90 Å². The first-order valence-corrected chi connectivity index (χ1v) is 4.30. The fourth-order valence-electron chi connectivity index (χ4n) is 1.70. The van der Waals surface area contributed by atoms with E-state index >= 15 is 0 Å². The summed E-state index contributed by atoms with van der Waals surface area (Å²) in [5.41, 5.74) is -1.18. The van der Waals surface area contributed by atoms with Crippen LogP contribution in [0.3, 0.4) is 0 Å². The standard InChI is InChI=1S/C9H5F4NO2/c10-4-3-1-2-14(9(15)16)8(3)7(13)6(12)5(4)11/h1-2H2,(H,15,16). The van der Waals surface area contributed by atoms with Crippen molar-refractivity contribution in [1.29, 1.82) is 0 Å². The average Bonchev–Trinajstić information content (AvgIpc) is 2.67. The van der Waals surface area contributed by atoms with Crippen molar-refractivity contribution in [3.05, 3.63) is 28.8 Å². The van der Waals surface area contributed by atoms with Gasteiger partial charge in [0.15, 0.2) is 23.3 Å². The number of hydrogen-bond acceptors (Lipinski definition) is 1. The third kappa shape index (κ3) is 1.24. The zero-order valence-electron chi connectivity index (χ0n) is 7.73. The quantitative estimate of drug-likeness (QED) is 0.425. The van der Waals surface area contributed by atoms with Crippen molar-refractivity contribution in [2.24, 2.45) is 0 Å². The van der Waals surface area contributed by atoms with Crippen LogP contribution in [0.25, 0.3) is 0 Å². The van der Waals surface area contributed by atoms with E-state index in [1.165, 1.54) is 0 Å². The van der Waals surface area contributed by atoms with E-state index in [9.17, 15) is 22.4 Å². The molecule has 1 aromatic rings. The monoisotopic (exact) mass is 235 g/mol. The average molecular weight is 235 g/mol. The van der Waals surface area contributed by atoms with Crippen LogP contribution in [-0.4, -0.2) is 17.7 Å². The van der Waals surface area contributed by atoms with Crippen LogP contribution in [0, 0.1) is 23.3 Å². The minimum absolute atomic E-state index is 0.179. The summed E-state index contributed by atoms with van der Waals surface area (Å²) in [6.07, 6.45) is -1.72. The Bertz CT molecular complexity index is 489. The van der Waals surface area contributed by atoms with Gasteiger partial charge >= 0.3 is 6.09 Å². The lowest BCUT2D eigenvalue weighted by Gasteiger charge is -2.14. The van der Waals surface area contributed by atoms with Crippen molar-refractivity contribution in [1.82, 2.24) is 0 Å². The summed E-state index contributed by atoms with van der Waals surface area (Å²) >= 11 is 0. The first kappa shape index (κ1) is 10.7. The molecule has 86 valence electrons. The zero-order chi connectivity index (χ0) is 12.0. The van der Waals surface area contributed by atoms with E-state index in [1.807, 2.05) is 0 Å². The van der Waals surface area contributed by atoms with Crippen molar-refractivity contribution < 1.29 is 27.5 Å². The van der Waals surface area contributed by atoms with Gasteiger partial charge in [0.2, 0.25) is 0 Å². The molecule has 0 aliphatic carbocycles. The molecule has 1 heterocycles. The molecule has 1 N–H and O–H groups in total. The van der Waals surface area contributed by atoms with E-state index < -0.39 is 40.6 Å². The highest BCUT2D eigenvalue weighted by molar-refractivity contribution is 5.89. The summed E-state index contributed by atoms with van der Waals surface area (Å²) < 4.78 is 52.1. The predicted molar refractivity (Wildman–Crippen MR) is 45.3 cm³/mol. The van der Waals surface area contributed by atoms with Gasteiger partial charge in [-0.1, -0.05) is 0 Å². The smallest absolute Gasteiger partial charge is 0.411 e. The van der Waals surface area contributed by atoms with Crippen molar-refractivity contribution in [3.63, 3.8) is 0 Å². The number of fused-ring (bicyclic) bond motifs is 1. The van der Waals surface area contributed by atoms with Gasteiger partial charge in [-0.05, 0) is 6.42 Å². The molecule has 16 heavy (non-hydrogen) atoms. The molecule has 1 aliphatic rings. The van der Waals surface area contributed by atoms with Crippen LogP contribution in [0.4, 0.5) is 28.0 Å². The van der Waals surface area contributed by atoms with E-state index in [-0.39, 0.29) is 13.0 Å². The van der Waals surface area contributed by atoms with Crippen LogP contribution in [0.2, 0.25) is 0 Å². The molecule has 0 fully saturated rings. The number of amides is 1. The molecule has 2 rings (SSSR count). The van der Waals surface area contributed by atoms with Gasteiger partial charge in [-0.2, -0.15) is 0 Å². The number of nitrogens with zero attached hydrogens (tertiary/aromatic N) is 1. The van der Waals surface area contributed by atoms with Gasteiger partial charge in [0.05, 0.1) is 5.69 Å². The fraction of sp³-hybridized carbons (Fsp3) is 0.222. The van der Waals surface area contributed by atoms with Gasteiger partial charge < -0.3 is 5.11 Å². The highest BCUT2D eigenvalue weighted by Crippen LogP contribution is 2.36. The molecule has 1 aliphatic heterocycles. The molecule has 1 aromatic carbocycles. The van der Waals surface area contributed by atoms with Gasteiger partial charge in [-0.15, -0.1) is 0 Å². The highest BCUT2D eigenvalue weighted by Gasteiger charge is 2.35. The summed E-state index contributed by atoms with van der Waals surface area (Å²) in [5.74, 6) is -7.11. The topological polar surface area (TPSA) is 40.5 Å². The summed E-state index contributed by atoms with van der Waals surface area (Å²) in [7, 11) is 0. The third-order valence-electron chi connectivity index (χ3n) is 2.42. The number of carboxylic acid groups (broad SMARTS) is 1. The summed E-state index contributed by atoms with van der Waals surface area (Å²) in [6, 6.07) is 0. The maximum absolute atomic E-state index is 13.3. The largest absolute Gasteiger partial charge is 0.465 e. The Hall–Kier alpha value is -1.79. The van der Waals surface area contributed by atoms with Crippen LogP contribution in [0.5, 0.6) is 0 Å².